The predicted octanol–water partition coefficient (Wildman–Crippen LogP) is 2.43. The normalized spacial score (nSPS) is 22.5. The molecule has 1 N–H and O–H groups in total. The van der Waals surface area contributed by atoms with Gasteiger partial charge in [0.2, 0.25) is 5.91 Å². The monoisotopic (exact) mass is 304 g/mol. The molecule has 0 saturated carbocycles. The van der Waals surface area contributed by atoms with E-state index in [0.717, 1.165) is 31.5 Å². The summed E-state index contributed by atoms with van der Waals surface area (Å²) in [5.41, 5.74) is 2.50. The Morgan fingerprint density at radius 2 is 1.86 bits per heavy atom. The van der Waals surface area contributed by atoms with E-state index in [9.17, 15) is 4.79 Å². The van der Waals surface area contributed by atoms with Crippen LogP contribution >= 0.6 is 0 Å². The molecule has 0 aromatic heterocycles. The molecule has 0 aliphatic carbocycles. The van der Waals surface area contributed by atoms with Crippen molar-refractivity contribution in [2.45, 2.75) is 33.4 Å². The zero-order valence-corrected chi connectivity index (χ0v) is 14.0. The van der Waals surface area contributed by atoms with E-state index in [1.165, 1.54) is 24.7 Å². The van der Waals surface area contributed by atoms with Gasteiger partial charge < -0.3 is 10.1 Å². The van der Waals surface area contributed by atoms with Crippen LogP contribution in [0.2, 0.25) is 0 Å². The molecular weight excluding hydrogens is 276 g/mol. The van der Waals surface area contributed by atoms with Crippen molar-refractivity contribution >= 4 is 5.91 Å². The first-order chi connectivity index (χ1) is 10.6. The average molecular weight is 304 g/mol. The maximum atomic E-state index is 11.6. The number of carbonyl (C=O) groups is 1. The number of hydrogen-bond acceptors (Lipinski definition) is 3. The van der Waals surface area contributed by atoms with E-state index in [1.807, 2.05) is 6.07 Å². The van der Waals surface area contributed by atoms with Crippen molar-refractivity contribution < 1.29 is 9.53 Å². The molecule has 1 aromatic rings. The summed E-state index contributed by atoms with van der Waals surface area (Å²) in [7, 11) is 1.53. The number of amides is 1. The van der Waals surface area contributed by atoms with Gasteiger partial charge in [0.15, 0.2) is 0 Å². The molecule has 4 heteroatoms. The van der Waals surface area contributed by atoms with Crippen LogP contribution in [0.15, 0.2) is 24.3 Å². The zero-order chi connectivity index (χ0) is 15.9. The summed E-state index contributed by atoms with van der Waals surface area (Å²) < 4.78 is 4.85. The Morgan fingerprint density at radius 3 is 2.50 bits per heavy atom. The number of rotatable bonds is 6. The number of likely N-dealkylation sites (tertiary alicyclic amines) is 1. The van der Waals surface area contributed by atoms with Crippen molar-refractivity contribution in [2.24, 2.45) is 11.8 Å². The van der Waals surface area contributed by atoms with Crippen molar-refractivity contribution in [3.8, 4) is 0 Å². The van der Waals surface area contributed by atoms with Crippen LogP contribution in [0, 0.1) is 11.8 Å². The average Bonchev–Trinajstić information content (AvgIpc) is 2.45. The highest BCUT2D eigenvalue weighted by Gasteiger charge is 2.22. The number of benzene rings is 1. The van der Waals surface area contributed by atoms with Gasteiger partial charge in [0.25, 0.3) is 0 Å². The van der Waals surface area contributed by atoms with Crippen LogP contribution in [-0.2, 0) is 22.6 Å². The Kier molecular flexibility index (Phi) is 6.40. The molecule has 0 spiro atoms. The molecule has 1 saturated heterocycles. The SMILES string of the molecule is COCC(=O)NCc1ccccc1CN1C[C@H](C)C[C@@H](C)C1. The smallest absolute Gasteiger partial charge is 0.246 e. The van der Waals surface area contributed by atoms with Crippen molar-refractivity contribution in [1.29, 1.82) is 0 Å². The number of hydrogen-bond donors (Lipinski definition) is 1. The Bertz CT molecular complexity index is 480. The van der Waals surface area contributed by atoms with Crippen molar-refractivity contribution in [1.82, 2.24) is 10.2 Å². The minimum Gasteiger partial charge on any atom is -0.375 e. The number of methoxy groups -OCH3 is 1. The molecule has 0 bridgehead atoms. The fourth-order valence-corrected chi connectivity index (χ4v) is 3.42. The molecule has 22 heavy (non-hydrogen) atoms. The van der Waals surface area contributed by atoms with Crippen LogP contribution in [0.1, 0.15) is 31.4 Å². The Labute approximate surface area is 133 Å². The van der Waals surface area contributed by atoms with Crippen LogP contribution in [-0.4, -0.2) is 37.6 Å². The van der Waals surface area contributed by atoms with Gasteiger partial charge in [0.1, 0.15) is 6.61 Å². The summed E-state index contributed by atoms with van der Waals surface area (Å²) >= 11 is 0. The summed E-state index contributed by atoms with van der Waals surface area (Å²) in [5, 5.41) is 2.91. The van der Waals surface area contributed by atoms with Gasteiger partial charge >= 0.3 is 0 Å². The van der Waals surface area contributed by atoms with Gasteiger partial charge in [-0.15, -0.1) is 0 Å². The van der Waals surface area contributed by atoms with Crippen LogP contribution in [0.5, 0.6) is 0 Å². The molecule has 122 valence electrons. The third kappa shape index (κ3) is 5.11. The molecule has 1 aliphatic rings. The van der Waals surface area contributed by atoms with Crippen LogP contribution < -0.4 is 5.32 Å². The second kappa shape index (κ2) is 8.30. The Hall–Kier alpha value is -1.39. The van der Waals surface area contributed by atoms with Gasteiger partial charge in [-0.25, -0.2) is 0 Å². The Morgan fingerprint density at radius 1 is 1.23 bits per heavy atom. The number of ether oxygens (including phenoxy) is 1. The molecule has 2 atom stereocenters. The van der Waals surface area contributed by atoms with E-state index in [4.69, 9.17) is 4.74 Å². The lowest BCUT2D eigenvalue weighted by Gasteiger charge is -2.35. The van der Waals surface area contributed by atoms with Gasteiger partial charge in [-0.05, 0) is 29.4 Å². The lowest BCUT2D eigenvalue weighted by Crippen LogP contribution is -2.38. The molecular formula is C18H28N2O2. The van der Waals surface area contributed by atoms with E-state index in [2.05, 4.69) is 42.3 Å². The zero-order valence-electron chi connectivity index (χ0n) is 14.0. The lowest BCUT2D eigenvalue weighted by molar-refractivity contribution is -0.124. The van der Waals surface area contributed by atoms with Gasteiger partial charge in [-0.1, -0.05) is 38.1 Å². The predicted molar refractivity (Wildman–Crippen MR) is 88.4 cm³/mol. The topological polar surface area (TPSA) is 41.6 Å². The quantitative estimate of drug-likeness (QED) is 0.877. The third-order valence-corrected chi connectivity index (χ3v) is 4.21. The van der Waals surface area contributed by atoms with Gasteiger partial charge in [0, 0.05) is 33.3 Å². The minimum absolute atomic E-state index is 0.0717. The fraction of sp³-hybridized carbons (Fsp3) is 0.611. The fourth-order valence-electron chi connectivity index (χ4n) is 3.42. The van der Waals surface area contributed by atoms with Gasteiger partial charge in [-0.3, -0.25) is 9.69 Å². The van der Waals surface area contributed by atoms with E-state index in [-0.39, 0.29) is 12.5 Å². The lowest BCUT2D eigenvalue weighted by atomic mass is 9.91. The minimum atomic E-state index is -0.0717. The van der Waals surface area contributed by atoms with E-state index in [0.29, 0.717) is 6.54 Å². The summed E-state index contributed by atoms with van der Waals surface area (Å²) in [6.07, 6.45) is 1.32. The molecule has 1 aliphatic heterocycles. The summed E-state index contributed by atoms with van der Waals surface area (Å²) in [5.74, 6) is 1.45. The van der Waals surface area contributed by atoms with Crippen LogP contribution in [0.4, 0.5) is 0 Å². The summed E-state index contributed by atoms with van der Waals surface area (Å²) in [6, 6.07) is 8.37. The van der Waals surface area contributed by atoms with Crippen molar-refractivity contribution in [3.05, 3.63) is 35.4 Å². The van der Waals surface area contributed by atoms with Crippen molar-refractivity contribution in [2.75, 3.05) is 26.8 Å². The molecule has 2 rings (SSSR count). The number of nitrogens with zero attached hydrogens (tertiary/aromatic N) is 1. The molecule has 4 nitrogen and oxygen atoms in total. The summed E-state index contributed by atoms with van der Waals surface area (Å²) in [4.78, 5) is 14.1. The van der Waals surface area contributed by atoms with E-state index >= 15 is 0 Å². The van der Waals surface area contributed by atoms with Crippen LogP contribution in [0.25, 0.3) is 0 Å². The number of carbonyl (C=O) groups excluding carboxylic acids is 1. The van der Waals surface area contributed by atoms with Gasteiger partial charge in [0.05, 0.1) is 0 Å². The molecule has 0 radical (unpaired) electrons. The first kappa shape index (κ1) is 17.0. The third-order valence-electron chi connectivity index (χ3n) is 4.21. The summed E-state index contributed by atoms with van der Waals surface area (Å²) in [6.45, 7) is 8.63. The highest BCUT2D eigenvalue weighted by Crippen LogP contribution is 2.23. The molecule has 1 amide bonds. The maximum Gasteiger partial charge on any atom is 0.246 e. The largest absolute Gasteiger partial charge is 0.375 e. The van der Waals surface area contributed by atoms with Crippen LogP contribution in [0.3, 0.4) is 0 Å². The molecule has 0 unspecified atom stereocenters. The number of piperidine rings is 1. The maximum absolute atomic E-state index is 11.6. The molecule has 1 aromatic carbocycles. The Balaban J connectivity index is 1.97. The number of nitrogens with one attached hydrogen (secondary N) is 1. The second-order valence-electron chi connectivity index (χ2n) is 6.62. The highest BCUT2D eigenvalue weighted by molar-refractivity contribution is 5.77. The van der Waals surface area contributed by atoms with E-state index < -0.39 is 0 Å². The molecule has 1 fully saturated rings. The van der Waals surface area contributed by atoms with Crippen molar-refractivity contribution in [3.63, 3.8) is 0 Å². The molecule has 1 heterocycles. The highest BCUT2D eigenvalue weighted by atomic mass is 16.5. The van der Waals surface area contributed by atoms with Gasteiger partial charge in [-0.2, -0.15) is 0 Å². The first-order valence-corrected chi connectivity index (χ1v) is 8.13. The van der Waals surface area contributed by atoms with E-state index in [1.54, 1.807) is 0 Å². The second-order valence-corrected chi connectivity index (χ2v) is 6.62. The first-order valence-electron chi connectivity index (χ1n) is 8.13. The standard InChI is InChI=1S/C18H28N2O2/c1-14-8-15(2)11-20(10-14)12-17-7-5-4-6-16(17)9-19-18(21)13-22-3/h4-7,14-15H,8-13H2,1-3H3,(H,19,21)/t14-,15-/m1/s1.